The van der Waals surface area contributed by atoms with Crippen LogP contribution in [0.4, 0.5) is 5.00 Å². The highest BCUT2D eigenvalue weighted by Crippen LogP contribution is 2.37. The number of fused-ring (bicyclic) bond motifs is 1. The van der Waals surface area contributed by atoms with Crippen molar-refractivity contribution in [2.45, 2.75) is 51.5 Å². The molecule has 3 aromatic rings. The fraction of sp³-hybridized carbons (Fsp3) is 0.321. The highest BCUT2D eigenvalue weighted by molar-refractivity contribution is 7.16. The maximum Gasteiger partial charge on any atom is 0.247 e. The van der Waals surface area contributed by atoms with Crippen molar-refractivity contribution in [2.24, 2.45) is 5.92 Å². The summed E-state index contributed by atoms with van der Waals surface area (Å²) in [5.74, 6) is -1.17. The van der Waals surface area contributed by atoms with Crippen molar-refractivity contribution in [2.75, 3.05) is 5.32 Å². The zero-order chi connectivity index (χ0) is 24.1. The molecule has 0 saturated heterocycles. The van der Waals surface area contributed by atoms with E-state index in [1.165, 1.54) is 16.2 Å². The minimum atomic E-state index is -0.729. The van der Waals surface area contributed by atoms with E-state index in [0.717, 1.165) is 42.4 Å². The predicted molar refractivity (Wildman–Crippen MR) is 136 cm³/mol. The molecular weight excluding hydrogens is 442 g/mol. The summed E-state index contributed by atoms with van der Waals surface area (Å²) in [6.45, 7) is 3.82. The summed E-state index contributed by atoms with van der Waals surface area (Å²) in [6.07, 6.45) is 4.00. The third kappa shape index (κ3) is 5.05. The largest absolute Gasteiger partial charge is 0.343 e. The first kappa shape index (κ1) is 23.7. The molecule has 6 heteroatoms. The van der Waals surface area contributed by atoms with Crippen LogP contribution in [0.15, 0.2) is 60.7 Å². The van der Waals surface area contributed by atoms with Gasteiger partial charge in [0.2, 0.25) is 11.8 Å². The van der Waals surface area contributed by atoms with Gasteiger partial charge in [0.05, 0.1) is 11.5 Å². The maximum atomic E-state index is 13.6. The molecule has 0 aliphatic heterocycles. The van der Waals surface area contributed by atoms with E-state index in [2.05, 4.69) is 16.7 Å². The van der Waals surface area contributed by atoms with E-state index < -0.39 is 12.0 Å². The molecule has 0 bridgehead atoms. The Bertz CT molecular complexity index is 1160. The van der Waals surface area contributed by atoms with Crippen molar-refractivity contribution in [1.29, 1.82) is 5.26 Å². The van der Waals surface area contributed by atoms with Gasteiger partial charge in [0.25, 0.3) is 0 Å². The van der Waals surface area contributed by atoms with Crippen molar-refractivity contribution < 1.29 is 9.59 Å². The van der Waals surface area contributed by atoms with Gasteiger partial charge in [0.15, 0.2) is 0 Å². The molecule has 1 aliphatic carbocycles. The number of nitriles is 1. The second kappa shape index (κ2) is 10.7. The van der Waals surface area contributed by atoms with Crippen LogP contribution in [0.1, 0.15) is 59.7 Å². The maximum absolute atomic E-state index is 13.6. The van der Waals surface area contributed by atoms with Crippen molar-refractivity contribution in [1.82, 2.24) is 5.32 Å². The summed E-state index contributed by atoms with van der Waals surface area (Å²) in [7, 11) is 0. The lowest BCUT2D eigenvalue weighted by atomic mass is 9.89. The summed E-state index contributed by atoms with van der Waals surface area (Å²) in [5.41, 5.74) is 3.39. The molecule has 2 amide bonds. The molecule has 0 radical (unpaired) electrons. The lowest BCUT2D eigenvalue weighted by Crippen LogP contribution is -2.48. The van der Waals surface area contributed by atoms with Crippen LogP contribution >= 0.6 is 11.3 Å². The smallest absolute Gasteiger partial charge is 0.247 e. The second-order valence-corrected chi connectivity index (χ2v) is 10.1. The normalized spacial score (nSPS) is 13.7. The van der Waals surface area contributed by atoms with Crippen LogP contribution in [0, 0.1) is 17.2 Å². The van der Waals surface area contributed by atoms with E-state index in [9.17, 15) is 14.9 Å². The average molecular weight is 472 g/mol. The topological polar surface area (TPSA) is 82.0 Å². The zero-order valence-electron chi connectivity index (χ0n) is 19.5. The van der Waals surface area contributed by atoms with Crippen LogP contribution in [0.5, 0.6) is 0 Å². The van der Waals surface area contributed by atoms with Gasteiger partial charge in [-0.15, -0.1) is 11.3 Å². The summed E-state index contributed by atoms with van der Waals surface area (Å²) >= 11 is 1.50. The predicted octanol–water partition coefficient (Wildman–Crippen LogP) is 5.41. The van der Waals surface area contributed by atoms with Gasteiger partial charge in [-0.1, -0.05) is 74.5 Å². The first-order chi connectivity index (χ1) is 16.5. The molecule has 0 spiro atoms. The molecule has 34 heavy (non-hydrogen) atoms. The van der Waals surface area contributed by atoms with E-state index in [1.807, 2.05) is 74.5 Å². The Labute approximate surface area is 204 Å². The number of aryl methyl sites for hydroxylation is 1. The van der Waals surface area contributed by atoms with Crippen molar-refractivity contribution in [3.63, 3.8) is 0 Å². The monoisotopic (exact) mass is 471 g/mol. The van der Waals surface area contributed by atoms with Crippen molar-refractivity contribution in [3.05, 3.63) is 87.8 Å². The molecule has 174 valence electrons. The lowest BCUT2D eigenvalue weighted by Gasteiger charge is -2.25. The molecule has 1 aromatic heterocycles. The highest BCUT2D eigenvalue weighted by Gasteiger charge is 2.31. The highest BCUT2D eigenvalue weighted by atomic mass is 32.1. The first-order valence-corrected chi connectivity index (χ1v) is 12.6. The van der Waals surface area contributed by atoms with Gasteiger partial charge in [0, 0.05) is 4.88 Å². The molecule has 4 rings (SSSR count). The van der Waals surface area contributed by atoms with E-state index >= 15 is 0 Å². The molecule has 0 fully saturated rings. The van der Waals surface area contributed by atoms with Crippen LogP contribution in [0.2, 0.25) is 0 Å². The fourth-order valence-electron chi connectivity index (χ4n) is 4.52. The van der Waals surface area contributed by atoms with E-state index in [-0.39, 0.29) is 17.7 Å². The number of thiophene rings is 1. The first-order valence-electron chi connectivity index (χ1n) is 11.7. The summed E-state index contributed by atoms with van der Waals surface area (Å²) in [6, 6.07) is 20.7. The number of carbonyl (C=O) groups is 2. The van der Waals surface area contributed by atoms with E-state index in [4.69, 9.17) is 0 Å². The van der Waals surface area contributed by atoms with Gasteiger partial charge in [0.1, 0.15) is 17.1 Å². The molecule has 2 aromatic carbocycles. The summed E-state index contributed by atoms with van der Waals surface area (Å²) < 4.78 is 0. The van der Waals surface area contributed by atoms with E-state index in [1.54, 1.807) is 0 Å². The summed E-state index contributed by atoms with van der Waals surface area (Å²) in [4.78, 5) is 28.1. The second-order valence-electron chi connectivity index (χ2n) is 9.00. The number of amides is 2. The average Bonchev–Trinajstić information content (AvgIpc) is 3.20. The zero-order valence-corrected chi connectivity index (χ0v) is 20.3. The van der Waals surface area contributed by atoms with Gasteiger partial charge in [-0.3, -0.25) is 9.59 Å². The number of anilines is 1. The Kier molecular flexibility index (Phi) is 7.44. The van der Waals surface area contributed by atoms with Gasteiger partial charge < -0.3 is 10.6 Å². The van der Waals surface area contributed by atoms with E-state index in [0.29, 0.717) is 10.6 Å². The standard InChI is InChI=1S/C28H29N3O2S/c1-18(2)25(27(33)31-28-22(17-29)21-15-9-10-16-23(21)34-28)30-26(32)24(19-11-5-3-6-12-19)20-13-7-4-8-14-20/h3-8,11-14,18,24-25H,9-10,15-16H2,1-2H3,(H,30,32)(H,31,33)/t25-/m0/s1. The van der Waals surface area contributed by atoms with Gasteiger partial charge in [-0.2, -0.15) is 5.26 Å². The Balaban J connectivity index is 1.58. The number of carbonyl (C=O) groups excluding carboxylic acids is 2. The number of nitrogens with zero attached hydrogens (tertiary/aromatic N) is 1. The number of nitrogens with one attached hydrogen (secondary N) is 2. The lowest BCUT2D eigenvalue weighted by molar-refractivity contribution is -0.127. The van der Waals surface area contributed by atoms with Crippen LogP contribution in [-0.4, -0.2) is 17.9 Å². The minimum absolute atomic E-state index is 0.128. The Hall–Kier alpha value is -3.43. The van der Waals surface area contributed by atoms with Gasteiger partial charge in [-0.25, -0.2) is 0 Å². The van der Waals surface area contributed by atoms with Crippen molar-refractivity contribution >= 4 is 28.2 Å². The Morgan fingerprint density at radius 3 is 2.06 bits per heavy atom. The number of benzene rings is 2. The van der Waals surface area contributed by atoms with Gasteiger partial charge in [-0.05, 0) is 48.3 Å². The Morgan fingerprint density at radius 2 is 1.50 bits per heavy atom. The number of hydrogen-bond acceptors (Lipinski definition) is 4. The molecule has 2 N–H and O–H groups in total. The molecule has 1 heterocycles. The SMILES string of the molecule is CC(C)[C@H](NC(=O)C(c1ccccc1)c1ccccc1)C(=O)Nc1sc2c(c1C#N)CCCC2. The molecule has 0 unspecified atom stereocenters. The number of rotatable bonds is 7. The van der Waals surface area contributed by atoms with Gasteiger partial charge >= 0.3 is 0 Å². The molecule has 1 atom stereocenters. The third-order valence-corrected chi connectivity index (χ3v) is 7.50. The molecule has 5 nitrogen and oxygen atoms in total. The van der Waals surface area contributed by atoms with Crippen molar-refractivity contribution in [3.8, 4) is 6.07 Å². The molecule has 0 saturated carbocycles. The molecule has 1 aliphatic rings. The fourth-order valence-corrected chi connectivity index (χ4v) is 5.76. The third-order valence-electron chi connectivity index (χ3n) is 6.29. The summed E-state index contributed by atoms with van der Waals surface area (Å²) in [5, 5.41) is 16.3. The Morgan fingerprint density at radius 1 is 0.912 bits per heavy atom. The van der Waals surface area contributed by atoms with Crippen LogP contribution in [0.3, 0.4) is 0 Å². The van der Waals surface area contributed by atoms with Crippen LogP contribution < -0.4 is 10.6 Å². The molecular formula is C28H29N3O2S. The van der Waals surface area contributed by atoms with Crippen LogP contribution in [0.25, 0.3) is 0 Å². The number of hydrogen-bond donors (Lipinski definition) is 2. The minimum Gasteiger partial charge on any atom is -0.343 e. The quantitative estimate of drug-likeness (QED) is 0.483. The van der Waals surface area contributed by atoms with Crippen LogP contribution in [-0.2, 0) is 22.4 Å².